The minimum atomic E-state index is -1.52. The highest BCUT2D eigenvalue weighted by Gasteiger charge is 2.47. The van der Waals surface area contributed by atoms with Crippen molar-refractivity contribution in [3.8, 4) is 0 Å². The molecule has 4 heterocycles. The van der Waals surface area contributed by atoms with E-state index in [1.807, 2.05) is 0 Å². The predicted molar refractivity (Wildman–Crippen MR) is 133 cm³/mol. The summed E-state index contributed by atoms with van der Waals surface area (Å²) in [6, 6.07) is 0. The molecule has 37 heavy (non-hydrogen) atoms. The fraction of sp³-hybridized carbons (Fsp3) is 0.682. The van der Waals surface area contributed by atoms with Crippen LogP contribution in [0.4, 0.5) is 5.82 Å². The first kappa shape index (κ1) is 27.1. The van der Waals surface area contributed by atoms with E-state index in [2.05, 4.69) is 36.2 Å². The topological polar surface area (TPSA) is 205 Å². The molecule has 0 aliphatic carbocycles. The van der Waals surface area contributed by atoms with Crippen molar-refractivity contribution in [1.82, 2.24) is 45.7 Å². The van der Waals surface area contributed by atoms with Gasteiger partial charge in [0.25, 0.3) is 5.91 Å². The summed E-state index contributed by atoms with van der Waals surface area (Å²) in [6.07, 6.45) is -1.09. The number of hydrogen-bond acceptors (Lipinski definition) is 12. The van der Waals surface area contributed by atoms with Gasteiger partial charge in [-0.1, -0.05) is 0 Å². The lowest BCUT2D eigenvalue weighted by molar-refractivity contribution is -0.140. The quantitative estimate of drug-likeness (QED) is 0.210. The van der Waals surface area contributed by atoms with Crippen molar-refractivity contribution in [1.29, 1.82) is 0 Å². The maximum Gasteiger partial charge on any atom is 0.252 e. The Balaban J connectivity index is 1.32. The van der Waals surface area contributed by atoms with Crippen LogP contribution in [0.15, 0.2) is 12.7 Å². The van der Waals surface area contributed by atoms with Crippen LogP contribution in [0.5, 0.6) is 0 Å². The summed E-state index contributed by atoms with van der Waals surface area (Å²) in [6.45, 7) is 5.81. The van der Waals surface area contributed by atoms with Crippen molar-refractivity contribution in [2.75, 3.05) is 64.6 Å². The number of rotatable bonds is 4. The van der Waals surface area contributed by atoms with Crippen LogP contribution in [0.2, 0.25) is 0 Å². The fourth-order valence-corrected chi connectivity index (χ4v) is 4.40. The highest BCUT2D eigenvalue weighted by Crippen LogP contribution is 2.32. The molecule has 0 saturated carbocycles. The normalized spacial score (nSPS) is 26.6. The van der Waals surface area contributed by atoms with Gasteiger partial charge in [0.15, 0.2) is 23.8 Å². The number of ether oxygens (including phenoxy) is 1. The molecule has 8 N–H and O–H groups in total. The molecule has 4 rings (SSSR count). The number of aliphatic hydroxyl groups is 2. The number of nitrogens with one attached hydrogen (secondary N) is 4. The number of hydrogen-bond donors (Lipinski definition) is 7. The van der Waals surface area contributed by atoms with Crippen LogP contribution in [0.3, 0.4) is 0 Å². The SMILES string of the molecule is Nc1ncnc2c1ncn2C1OC(C(=O)NCC(=O)N2CCCNCCNCCCNCC2)C(O)C1O. The molecule has 204 valence electrons. The predicted octanol–water partition coefficient (Wildman–Crippen LogP) is -3.46. The number of aliphatic hydroxyl groups excluding tert-OH is 2. The van der Waals surface area contributed by atoms with E-state index in [0.717, 1.165) is 45.6 Å². The Labute approximate surface area is 214 Å². The molecule has 4 unspecified atom stereocenters. The third-order valence-electron chi connectivity index (χ3n) is 6.45. The van der Waals surface area contributed by atoms with E-state index < -0.39 is 30.4 Å². The first-order valence-electron chi connectivity index (χ1n) is 12.6. The highest BCUT2D eigenvalue weighted by atomic mass is 16.6. The minimum Gasteiger partial charge on any atom is -0.387 e. The Kier molecular flexibility index (Phi) is 9.54. The molecular formula is C22H36N10O5. The molecular weight excluding hydrogens is 484 g/mol. The van der Waals surface area contributed by atoms with Gasteiger partial charge in [-0.2, -0.15) is 0 Å². The van der Waals surface area contributed by atoms with Crippen LogP contribution in [0, 0.1) is 0 Å². The van der Waals surface area contributed by atoms with Crippen LogP contribution < -0.4 is 27.0 Å². The van der Waals surface area contributed by atoms with Crippen LogP contribution in [-0.2, 0) is 14.3 Å². The van der Waals surface area contributed by atoms with Gasteiger partial charge in [-0.25, -0.2) is 15.0 Å². The molecule has 2 amide bonds. The zero-order chi connectivity index (χ0) is 26.2. The number of imidazole rings is 1. The van der Waals surface area contributed by atoms with Gasteiger partial charge in [-0.3, -0.25) is 14.2 Å². The zero-order valence-electron chi connectivity index (χ0n) is 20.7. The van der Waals surface area contributed by atoms with E-state index in [1.54, 1.807) is 4.90 Å². The maximum absolute atomic E-state index is 12.9. The Morgan fingerprint density at radius 2 is 1.73 bits per heavy atom. The lowest BCUT2D eigenvalue weighted by atomic mass is 10.1. The van der Waals surface area contributed by atoms with Gasteiger partial charge in [0.1, 0.15) is 24.1 Å². The van der Waals surface area contributed by atoms with Gasteiger partial charge >= 0.3 is 0 Å². The van der Waals surface area contributed by atoms with Crippen molar-refractivity contribution in [2.45, 2.75) is 37.4 Å². The summed E-state index contributed by atoms with van der Waals surface area (Å²) in [5.74, 6) is -0.781. The van der Waals surface area contributed by atoms with Crippen LogP contribution in [0.25, 0.3) is 11.2 Å². The van der Waals surface area contributed by atoms with E-state index in [0.29, 0.717) is 30.8 Å². The molecule has 2 aromatic rings. The van der Waals surface area contributed by atoms with Gasteiger partial charge in [0.05, 0.1) is 12.9 Å². The Bertz CT molecular complexity index is 1040. The summed E-state index contributed by atoms with van der Waals surface area (Å²) in [4.78, 5) is 39.5. The molecule has 2 aliphatic heterocycles. The average Bonchev–Trinajstić information content (AvgIpc) is 3.45. The van der Waals surface area contributed by atoms with Crippen LogP contribution in [-0.4, -0.2) is 124 Å². The number of fused-ring (bicyclic) bond motifs is 1. The summed E-state index contributed by atoms with van der Waals surface area (Å²) >= 11 is 0. The number of carbonyl (C=O) groups excluding carboxylic acids is 2. The summed E-state index contributed by atoms with van der Waals surface area (Å²) < 4.78 is 7.08. The molecule has 15 nitrogen and oxygen atoms in total. The van der Waals surface area contributed by atoms with Crippen molar-refractivity contribution in [3.05, 3.63) is 12.7 Å². The van der Waals surface area contributed by atoms with Crippen molar-refractivity contribution in [2.24, 2.45) is 0 Å². The molecule has 2 aromatic heterocycles. The lowest BCUT2D eigenvalue weighted by Gasteiger charge is -2.24. The smallest absolute Gasteiger partial charge is 0.252 e. The molecule has 2 fully saturated rings. The second kappa shape index (κ2) is 13.0. The van der Waals surface area contributed by atoms with Crippen LogP contribution in [0.1, 0.15) is 19.1 Å². The van der Waals surface area contributed by atoms with Gasteiger partial charge in [-0.05, 0) is 32.5 Å². The number of amides is 2. The van der Waals surface area contributed by atoms with E-state index in [-0.39, 0.29) is 18.3 Å². The molecule has 4 atom stereocenters. The van der Waals surface area contributed by atoms with E-state index in [9.17, 15) is 19.8 Å². The Morgan fingerprint density at radius 3 is 2.51 bits per heavy atom. The standard InChI is InChI=1S/C22H36N10O5/c23-19-15-20(29-12-28-19)32(13-30-15)22-17(35)16(34)18(37-22)21(36)27-11-14(33)31-9-2-5-25-7-6-24-3-1-4-26-8-10-31/h12-13,16-18,22,24-26,34-35H,1-11H2,(H,27,36)(H2,23,28,29). The van der Waals surface area contributed by atoms with Crippen molar-refractivity contribution in [3.63, 3.8) is 0 Å². The molecule has 0 bridgehead atoms. The monoisotopic (exact) mass is 520 g/mol. The summed E-state index contributed by atoms with van der Waals surface area (Å²) in [7, 11) is 0. The van der Waals surface area contributed by atoms with Gasteiger partial charge in [0, 0.05) is 32.7 Å². The molecule has 2 aliphatic rings. The number of anilines is 1. The third-order valence-corrected chi connectivity index (χ3v) is 6.45. The second-order valence-electron chi connectivity index (χ2n) is 9.07. The minimum absolute atomic E-state index is 0.153. The van der Waals surface area contributed by atoms with Gasteiger partial charge < -0.3 is 46.9 Å². The van der Waals surface area contributed by atoms with E-state index >= 15 is 0 Å². The van der Waals surface area contributed by atoms with Gasteiger partial charge in [0.2, 0.25) is 5.91 Å². The second-order valence-corrected chi connectivity index (χ2v) is 9.07. The third kappa shape index (κ3) is 6.68. The van der Waals surface area contributed by atoms with E-state index in [4.69, 9.17) is 10.5 Å². The summed E-state index contributed by atoms with van der Waals surface area (Å²) in [5, 5.41) is 33.7. The maximum atomic E-state index is 12.9. The van der Waals surface area contributed by atoms with E-state index in [1.165, 1.54) is 17.2 Å². The van der Waals surface area contributed by atoms with Crippen molar-refractivity contribution < 1.29 is 24.5 Å². The number of nitrogens with zero attached hydrogens (tertiary/aromatic N) is 5. The molecule has 0 aromatic carbocycles. The molecule has 2 saturated heterocycles. The number of nitrogens with two attached hydrogens (primary N) is 1. The number of nitrogen functional groups attached to an aromatic ring is 1. The lowest BCUT2D eigenvalue weighted by Crippen LogP contribution is -2.48. The first-order valence-corrected chi connectivity index (χ1v) is 12.6. The van der Waals surface area contributed by atoms with Gasteiger partial charge in [-0.15, -0.1) is 0 Å². The van der Waals surface area contributed by atoms with Crippen LogP contribution >= 0.6 is 0 Å². The number of aromatic nitrogens is 4. The summed E-state index contributed by atoms with van der Waals surface area (Å²) in [5.41, 5.74) is 6.41. The molecule has 15 heteroatoms. The molecule has 0 radical (unpaired) electrons. The first-order chi connectivity index (χ1) is 18.0. The van der Waals surface area contributed by atoms with Crippen molar-refractivity contribution >= 4 is 28.8 Å². The largest absolute Gasteiger partial charge is 0.387 e. The fourth-order valence-electron chi connectivity index (χ4n) is 4.40. The Morgan fingerprint density at radius 1 is 1.00 bits per heavy atom. The number of carbonyl (C=O) groups is 2. The highest BCUT2D eigenvalue weighted by molar-refractivity contribution is 5.87. The Hall–Kier alpha value is -2.95. The zero-order valence-corrected chi connectivity index (χ0v) is 20.7. The average molecular weight is 521 g/mol. The molecule has 0 spiro atoms.